The van der Waals surface area contributed by atoms with Gasteiger partial charge in [0.25, 0.3) is 0 Å². The molecule has 25 aromatic rings. The maximum absolute atomic E-state index is 11.1. The summed E-state index contributed by atoms with van der Waals surface area (Å²) in [6.07, 6.45) is 5.50. The zero-order valence-electron chi connectivity index (χ0n) is 82.1. The third-order valence-corrected chi connectivity index (χ3v) is 30.7. The fourth-order valence-corrected chi connectivity index (χ4v) is 24.6. The Morgan fingerprint density at radius 3 is 0.993 bits per heavy atom. The van der Waals surface area contributed by atoms with Crippen molar-refractivity contribution in [2.75, 3.05) is 9.80 Å². The molecular weight excluding hydrogens is 2410 g/mol. The Morgan fingerprint density at radius 2 is 0.574 bits per heavy atom. The van der Waals surface area contributed by atoms with Gasteiger partial charge >= 0.3 is 0 Å². The molecule has 0 saturated carbocycles. The van der Waals surface area contributed by atoms with Crippen molar-refractivity contribution in [3.05, 3.63) is 463 Å². The standard InChI is InChI=1S/2C47H34N3OS.C37H27N2OS.3Pt/c1-29-23-30(2)46(31(3)24-29)34-26-39(49-40(27-34)37-17-6-8-19-43(37)51)33-25-38-36-16-7-9-20-44(36)52-47(38)42(28-33)50(45-21-10-11-22-48-45)41-18-12-14-32-13-4-5-15-35(32)41;1-29-23-30(2)46(31(3)24-29)33-25-40(37-17-6-8-19-43(37)51)49-41(26-33)39-28-34(27-38-36-16-7-9-20-44(36)52-47(38)39)50(45-21-10-11-22-48-45)42-18-12-14-32-13-4-5-15-35(32)42;1-22-16-23(2)36(24(3)17-22)26-20-32(28-11-4-6-13-34(28)40)39-33(21-26)30-19-25(31-12-8-9-15-38-31)18-29-27-10-5-7-14-35(27)41-37(29)30;;;/h2*4-27,51H,1-3H3;4-18,20-21,40H,1-3H3;;;/q3*-1;;;. The van der Waals surface area contributed by atoms with Crippen molar-refractivity contribution in [3.63, 3.8) is 0 Å². The topological polar surface area (TPSA) is 145 Å². The average molecular weight is 2510 g/mol. The van der Waals surface area contributed by atoms with Gasteiger partial charge in [-0.2, -0.15) is 34.0 Å². The number of hydrogen-bond donors (Lipinski definition) is 3. The predicted octanol–water partition coefficient (Wildman–Crippen LogP) is 35.7. The minimum absolute atomic E-state index is 0. The van der Waals surface area contributed by atoms with Crippen molar-refractivity contribution in [2.24, 2.45) is 0 Å². The van der Waals surface area contributed by atoms with E-state index < -0.39 is 0 Å². The van der Waals surface area contributed by atoms with E-state index in [-0.39, 0.29) is 80.4 Å². The van der Waals surface area contributed by atoms with Gasteiger partial charge in [-0.25, -0.2) is 9.97 Å². The number of aromatic nitrogens is 6. The molecule has 0 aliphatic carbocycles. The number of phenolic OH excluding ortho intramolecular Hbond substituents is 3. The second-order valence-electron chi connectivity index (χ2n) is 37.2. The van der Waals surface area contributed by atoms with Gasteiger partial charge in [-0.1, -0.05) is 287 Å². The van der Waals surface area contributed by atoms with Gasteiger partial charge in [0.05, 0.1) is 28.5 Å². The average Bonchev–Trinajstić information content (AvgIpc) is 1.55. The molecule has 11 nitrogen and oxygen atoms in total. The van der Waals surface area contributed by atoms with Gasteiger partial charge in [-0.15, -0.1) is 47.5 Å². The Morgan fingerprint density at radius 1 is 0.250 bits per heavy atom. The van der Waals surface area contributed by atoms with E-state index >= 15 is 0 Å². The number of para-hydroxylation sites is 3. The number of pyridine rings is 6. The SMILES string of the molecule is Cc1cc(C)c(-c2cc(-c3[c-]c(N(c4ccccn4)c4cccc5ccccc45)c4sc5ccccc5c4c3)nc(-c3ccccc3O)c2)c(C)c1.Cc1cc(C)c(-c2cc(-c3ccccc3O)nc(-c3[c-]c(-c4ccccn4)cc4c3sc3ccccc34)c2)c(C)c1.Cc1cc(C)c(-c2cc(-c3ccccc3O)nc(-c3[c-]c(N(c4ccccn4)c4cccc5ccccc45)cc4c3sc3ccccc34)c2)c(C)c1.[Pt].[Pt].[Pt]. The number of hydrogen-bond acceptors (Lipinski definition) is 14. The number of fused-ring (bicyclic) bond motifs is 11. The van der Waals surface area contributed by atoms with Crippen LogP contribution in [0.3, 0.4) is 0 Å². The van der Waals surface area contributed by atoms with Crippen LogP contribution >= 0.6 is 34.0 Å². The van der Waals surface area contributed by atoms with Crippen molar-refractivity contribution in [1.29, 1.82) is 0 Å². The molecule has 0 saturated heterocycles. The van der Waals surface area contributed by atoms with Gasteiger partial charge in [-0.3, -0.25) is 19.9 Å². The van der Waals surface area contributed by atoms with E-state index in [4.69, 9.17) is 24.9 Å². The monoisotopic (exact) mass is 2510 g/mol. The smallest absolute Gasteiger partial charge is 0.136 e. The van der Waals surface area contributed by atoms with Crippen molar-refractivity contribution in [2.45, 2.75) is 62.3 Å². The zero-order valence-corrected chi connectivity index (χ0v) is 91.4. The molecule has 9 heterocycles. The number of nitrogens with zero attached hydrogens (tertiary/aromatic N) is 8. The maximum atomic E-state index is 11.1. The summed E-state index contributed by atoms with van der Waals surface area (Å²) in [6, 6.07) is 140. The normalized spacial score (nSPS) is 11.2. The Balaban J connectivity index is 0.000000134. The van der Waals surface area contributed by atoms with Crippen LogP contribution in [0.5, 0.6) is 17.2 Å². The van der Waals surface area contributed by atoms with Gasteiger partial charge < -0.3 is 25.1 Å². The summed E-state index contributed by atoms with van der Waals surface area (Å²) >= 11 is 5.29. The zero-order chi connectivity index (χ0) is 98.8. The number of benzene rings is 16. The van der Waals surface area contributed by atoms with Crippen LogP contribution in [-0.4, -0.2) is 45.2 Å². The maximum Gasteiger partial charge on any atom is 0.136 e. The second-order valence-corrected chi connectivity index (χ2v) is 40.3. The molecular formula is C131H95N8O3Pt3S3-3. The number of rotatable bonds is 16. The third kappa shape index (κ3) is 19.4. The van der Waals surface area contributed by atoms with Gasteiger partial charge in [-0.05, 0) is 308 Å². The van der Waals surface area contributed by atoms with Crippen molar-refractivity contribution < 1.29 is 78.5 Å². The van der Waals surface area contributed by atoms with E-state index in [0.717, 1.165) is 148 Å². The molecule has 17 heteroatoms. The van der Waals surface area contributed by atoms with Gasteiger partial charge in [0.1, 0.15) is 28.9 Å². The van der Waals surface area contributed by atoms with Crippen LogP contribution in [0.2, 0.25) is 0 Å². The van der Waals surface area contributed by atoms with Crippen molar-refractivity contribution in [1.82, 2.24) is 29.9 Å². The van der Waals surface area contributed by atoms with Gasteiger partial charge in [0.15, 0.2) is 0 Å². The summed E-state index contributed by atoms with van der Waals surface area (Å²) < 4.78 is 6.97. The van der Waals surface area contributed by atoms with Gasteiger partial charge in [0, 0.05) is 135 Å². The molecule has 0 amide bonds. The Kier molecular flexibility index (Phi) is 28.8. The number of aromatic hydroxyl groups is 3. The summed E-state index contributed by atoms with van der Waals surface area (Å²) in [7, 11) is 0. The van der Waals surface area contributed by atoms with E-state index in [1.54, 1.807) is 52.2 Å². The predicted molar refractivity (Wildman–Crippen MR) is 608 cm³/mol. The van der Waals surface area contributed by atoms with Gasteiger partial charge in [0.2, 0.25) is 0 Å². The first-order valence-corrected chi connectivity index (χ1v) is 50.9. The van der Waals surface area contributed by atoms with Crippen molar-refractivity contribution in [3.8, 4) is 129 Å². The summed E-state index contributed by atoms with van der Waals surface area (Å²) in [5.74, 6) is 2.18. The Hall–Kier alpha value is -15.3. The number of thiophene rings is 3. The van der Waals surface area contributed by atoms with E-state index in [0.29, 0.717) is 28.1 Å². The van der Waals surface area contributed by atoms with Crippen LogP contribution in [-0.2, 0) is 63.2 Å². The fraction of sp³-hybridized carbons (Fsp3) is 0.0687. The van der Waals surface area contributed by atoms with Crippen LogP contribution in [0.25, 0.3) is 194 Å². The van der Waals surface area contributed by atoms with E-state index in [1.807, 2.05) is 122 Å². The molecule has 0 unspecified atom stereocenters. The molecule has 0 aliphatic rings. The summed E-state index contributed by atoms with van der Waals surface area (Å²) in [5, 5.41) is 44.5. The second kappa shape index (κ2) is 42.6. The molecule has 0 bridgehead atoms. The molecule has 9 aromatic heterocycles. The van der Waals surface area contributed by atoms with Crippen LogP contribution in [0.4, 0.5) is 34.4 Å². The van der Waals surface area contributed by atoms with E-state index in [1.165, 1.54) is 102 Å². The first kappa shape index (κ1) is 100.0. The van der Waals surface area contributed by atoms with E-state index in [2.05, 4.69) is 350 Å². The summed E-state index contributed by atoms with van der Waals surface area (Å²) in [5.41, 5.74) is 32.4. The van der Waals surface area contributed by atoms with E-state index in [9.17, 15) is 15.3 Å². The summed E-state index contributed by atoms with van der Waals surface area (Å²) in [6.45, 7) is 19.4. The number of aryl methyl sites for hydroxylation is 9. The molecule has 0 fully saturated rings. The molecule has 0 aliphatic heterocycles. The molecule has 16 aromatic carbocycles. The fourth-order valence-electron chi connectivity index (χ4n) is 21.0. The number of phenols is 3. The number of anilines is 6. The molecule has 728 valence electrons. The molecule has 3 N–H and O–H groups in total. The summed E-state index contributed by atoms with van der Waals surface area (Å²) in [4.78, 5) is 34.7. The molecule has 148 heavy (non-hydrogen) atoms. The quantitative estimate of drug-likeness (QED) is 0.0795. The molecule has 0 radical (unpaired) electrons. The molecule has 25 rings (SSSR count). The Bertz CT molecular complexity index is 9330. The first-order valence-electron chi connectivity index (χ1n) is 48.4. The molecule has 0 spiro atoms. The van der Waals surface area contributed by atoms with Crippen LogP contribution in [0.1, 0.15) is 50.1 Å². The van der Waals surface area contributed by atoms with Crippen LogP contribution < -0.4 is 9.80 Å². The third-order valence-electron chi connectivity index (χ3n) is 27.1. The minimum Gasteiger partial charge on any atom is -0.507 e. The largest absolute Gasteiger partial charge is 0.507 e. The first-order chi connectivity index (χ1) is 70.8. The molecule has 0 atom stereocenters. The van der Waals surface area contributed by atoms with Crippen molar-refractivity contribution >= 4 is 150 Å². The minimum atomic E-state index is 0. The van der Waals surface area contributed by atoms with Crippen LogP contribution in [0.15, 0.2) is 395 Å². The van der Waals surface area contributed by atoms with Crippen LogP contribution in [0, 0.1) is 80.5 Å². The Labute approximate surface area is 914 Å².